The summed E-state index contributed by atoms with van der Waals surface area (Å²) in [4.78, 5) is 36.9. The van der Waals surface area contributed by atoms with Gasteiger partial charge in [0.25, 0.3) is 11.8 Å². The van der Waals surface area contributed by atoms with Gasteiger partial charge in [-0.3, -0.25) is 9.59 Å². The molecule has 8 heteroatoms. The highest BCUT2D eigenvalue weighted by molar-refractivity contribution is 7.12. The third kappa shape index (κ3) is 5.85. The molecule has 142 valence electrons. The first-order valence-corrected chi connectivity index (χ1v) is 9.22. The van der Waals surface area contributed by atoms with E-state index in [9.17, 15) is 19.6 Å². The normalized spacial score (nSPS) is 14.2. The van der Waals surface area contributed by atoms with E-state index >= 15 is 0 Å². The molecule has 2 amide bonds. The molecule has 2 atom stereocenters. The largest absolute Gasteiger partial charge is 0.454 e. The van der Waals surface area contributed by atoms with Gasteiger partial charge in [0.15, 0.2) is 6.61 Å². The average Bonchev–Trinajstić information content (AvgIpc) is 3.11. The summed E-state index contributed by atoms with van der Waals surface area (Å²) in [6.45, 7) is 8.25. The fraction of sp³-hybridized carbons (Fsp3) is 0.556. The first-order chi connectivity index (χ1) is 12.1. The smallest absolute Gasteiger partial charge is 0.329 e. The maximum atomic E-state index is 12.3. The van der Waals surface area contributed by atoms with Crippen molar-refractivity contribution in [1.82, 2.24) is 10.6 Å². The Morgan fingerprint density at radius 3 is 2.42 bits per heavy atom. The molecule has 0 aliphatic heterocycles. The van der Waals surface area contributed by atoms with E-state index in [0.717, 1.165) is 0 Å². The van der Waals surface area contributed by atoms with Crippen molar-refractivity contribution in [3.63, 3.8) is 0 Å². The van der Waals surface area contributed by atoms with Crippen LogP contribution >= 0.6 is 11.3 Å². The van der Waals surface area contributed by atoms with Crippen LogP contribution in [0.4, 0.5) is 0 Å². The van der Waals surface area contributed by atoms with Gasteiger partial charge in [0, 0.05) is 0 Å². The van der Waals surface area contributed by atoms with E-state index in [1.54, 1.807) is 38.3 Å². The van der Waals surface area contributed by atoms with Gasteiger partial charge in [0.1, 0.15) is 11.6 Å². The number of nitrogens with one attached hydrogen (secondary N) is 2. The Hall–Kier alpha value is -2.40. The van der Waals surface area contributed by atoms with Gasteiger partial charge in [-0.2, -0.15) is 5.26 Å². The van der Waals surface area contributed by atoms with Gasteiger partial charge in [0.05, 0.1) is 10.9 Å². The van der Waals surface area contributed by atoms with Gasteiger partial charge in [-0.1, -0.05) is 33.8 Å². The lowest BCUT2D eigenvalue weighted by atomic mass is 9.90. The van der Waals surface area contributed by atoms with E-state index < -0.39 is 30.1 Å². The number of ether oxygens (including phenoxy) is 1. The summed E-state index contributed by atoms with van der Waals surface area (Å²) < 4.78 is 5.04. The second-order valence-corrected chi connectivity index (χ2v) is 7.74. The topological polar surface area (TPSA) is 108 Å². The van der Waals surface area contributed by atoms with Crippen molar-refractivity contribution in [2.45, 2.75) is 46.2 Å². The Bertz CT molecular complexity index is 679. The highest BCUT2D eigenvalue weighted by Gasteiger charge is 2.31. The molecule has 0 radical (unpaired) electrons. The highest BCUT2D eigenvalue weighted by atomic mass is 32.1. The lowest BCUT2D eigenvalue weighted by Crippen LogP contribution is -2.51. The zero-order valence-electron chi connectivity index (χ0n) is 15.7. The molecule has 2 N–H and O–H groups in total. The van der Waals surface area contributed by atoms with E-state index in [4.69, 9.17) is 4.74 Å². The molecule has 0 saturated carbocycles. The summed E-state index contributed by atoms with van der Waals surface area (Å²) in [6, 6.07) is 4.58. The Morgan fingerprint density at radius 1 is 1.31 bits per heavy atom. The zero-order valence-corrected chi connectivity index (χ0v) is 16.5. The quantitative estimate of drug-likeness (QED) is 0.673. The number of amides is 2. The minimum absolute atomic E-state index is 0.111. The van der Waals surface area contributed by atoms with Crippen molar-refractivity contribution in [3.8, 4) is 6.07 Å². The molecule has 0 spiro atoms. The number of esters is 1. The number of hydrogen-bond donors (Lipinski definition) is 2. The summed E-state index contributed by atoms with van der Waals surface area (Å²) in [5, 5.41) is 16.2. The average molecular weight is 379 g/mol. The van der Waals surface area contributed by atoms with E-state index in [1.165, 1.54) is 11.3 Å². The molecule has 1 aromatic heterocycles. The number of carbonyl (C=O) groups excluding carboxylic acids is 3. The summed E-state index contributed by atoms with van der Waals surface area (Å²) in [6.07, 6.45) is 0. The van der Waals surface area contributed by atoms with Gasteiger partial charge < -0.3 is 15.4 Å². The van der Waals surface area contributed by atoms with Crippen molar-refractivity contribution in [3.05, 3.63) is 22.4 Å². The van der Waals surface area contributed by atoms with Gasteiger partial charge >= 0.3 is 5.97 Å². The summed E-state index contributed by atoms with van der Waals surface area (Å²) in [5.41, 5.74) is -1.05. The number of nitriles is 1. The Morgan fingerprint density at radius 2 is 1.96 bits per heavy atom. The fourth-order valence-electron chi connectivity index (χ4n) is 1.97. The third-order valence-electron chi connectivity index (χ3n) is 4.08. The number of hydrogen-bond acceptors (Lipinski definition) is 6. The van der Waals surface area contributed by atoms with Crippen LogP contribution in [0.25, 0.3) is 0 Å². The Balaban J connectivity index is 2.64. The molecule has 0 bridgehead atoms. The summed E-state index contributed by atoms with van der Waals surface area (Å²) in [7, 11) is 0. The lowest BCUT2D eigenvalue weighted by molar-refractivity contribution is -0.151. The van der Waals surface area contributed by atoms with E-state index in [0.29, 0.717) is 4.88 Å². The predicted molar refractivity (Wildman–Crippen MR) is 98.4 cm³/mol. The van der Waals surface area contributed by atoms with Crippen molar-refractivity contribution >= 4 is 29.1 Å². The number of thiophene rings is 1. The molecule has 0 aromatic carbocycles. The van der Waals surface area contributed by atoms with Gasteiger partial charge in [-0.25, -0.2) is 4.79 Å². The van der Waals surface area contributed by atoms with Crippen LogP contribution in [0, 0.1) is 23.2 Å². The minimum Gasteiger partial charge on any atom is -0.454 e. The molecule has 0 unspecified atom stereocenters. The Labute approximate surface area is 157 Å². The molecular formula is C18H25N3O4S. The number of carbonyl (C=O) groups is 3. The van der Waals surface area contributed by atoms with Crippen LogP contribution in [-0.4, -0.2) is 36.0 Å². The Kier molecular flexibility index (Phi) is 7.77. The van der Waals surface area contributed by atoms with E-state index in [1.807, 2.05) is 13.8 Å². The van der Waals surface area contributed by atoms with Crippen molar-refractivity contribution < 1.29 is 19.1 Å². The second kappa shape index (κ2) is 9.34. The minimum atomic E-state index is -1.05. The third-order valence-corrected chi connectivity index (χ3v) is 4.95. The monoisotopic (exact) mass is 379 g/mol. The van der Waals surface area contributed by atoms with Crippen molar-refractivity contribution in [2.75, 3.05) is 6.61 Å². The van der Waals surface area contributed by atoms with Crippen LogP contribution < -0.4 is 10.6 Å². The van der Waals surface area contributed by atoms with Crippen LogP contribution in [0.5, 0.6) is 0 Å². The van der Waals surface area contributed by atoms with Crippen LogP contribution in [0.15, 0.2) is 17.5 Å². The molecule has 0 saturated heterocycles. The highest BCUT2D eigenvalue weighted by Crippen LogP contribution is 2.15. The molecular weight excluding hydrogens is 354 g/mol. The molecule has 0 fully saturated rings. The summed E-state index contributed by atoms with van der Waals surface area (Å²) >= 11 is 1.27. The first kappa shape index (κ1) is 21.6. The predicted octanol–water partition coefficient (Wildman–Crippen LogP) is 2.10. The number of rotatable bonds is 8. The van der Waals surface area contributed by atoms with Crippen LogP contribution in [-0.2, 0) is 14.3 Å². The van der Waals surface area contributed by atoms with Gasteiger partial charge in [-0.05, 0) is 30.2 Å². The van der Waals surface area contributed by atoms with Gasteiger partial charge in [0.2, 0.25) is 0 Å². The maximum absolute atomic E-state index is 12.3. The molecule has 7 nitrogen and oxygen atoms in total. The molecule has 1 heterocycles. The van der Waals surface area contributed by atoms with Crippen LogP contribution in [0.1, 0.15) is 44.3 Å². The molecule has 0 aliphatic rings. The molecule has 26 heavy (non-hydrogen) atoms. The summed E-state index contributed by atoms with van der Waals surface area (Å²) in [5.74, 6) is -1.95. The van der Waals surface area contributed by atoms with Crippen LogP contribution in [0.2, 0.25) is 0 Å². The van der Waals surface area contributed by atoms with Crippen LogP contribution in [0.3, 0.4) is 0 Å². The second-order valence-electron chi connectivity index (χ2n) is 6.80. The fourth-order valence-corrected chi connectivity index (χ4v) is 2.60. The maximum Gasteiger partial charge on any atom is 0.329 e. The van der Waals surface area contributed by atoms with Crippen molar-refractivity contribution in [2.24, 2.45) is 11.8 Å². The van der Waals surface area contributed by atoms with E-state index in [-0.39, 0.29) is 17.7 Å². The van der Waals surface area contributed by atoms with Gasteiger partial charge in [-0.15, -0.1) is 11.3 Å². The zero-order chi connectivity index (χ0) is 19.9. The number of nitrogens with zero attached hydrogens (tertiary/aromatic N) is 1. The lowest BCUT2D eigenvalue weighted by Gasteiger charge is -2.27. The SMILES string of the molecule is CC(C)[C@@H](NC(=O)c1cccs1)C(=O)OCC(=O)N[C@](C)(C#N)C(C)C. The molecule has 0 aliphatic carbocycles. The molecule has 1 rings (SSSR count). The first-order valence-electron chi connectivity index (χ1n) is 8.34. The van der Waals surface area contributed by atoms with E-state index in [2.05, 4.69) is 16.7 Å². The standard InChI is InChI=1S/C18H25N3O4S/c1-11(2)15(20-16(23)13-7-6-8-26-13)17(24)25-9-14(22)21-18(5,10-19)12(3)4/h6-8,11-12,15H,9H2,1-5H3,(H,20,23)(H,21,22)/t15-,18-/m1/s1. The van der Waals surface area contributed by atoms with Crippen molar-refractivity contribution in [1.29, 1.82) is 5.26 Å². The molecule has 1 aromatic rings.